The Kier molecular flexibility index (Phi) is 4.26. The largest absolute Gasteiger partial charge is 0.322 e. The molecule has 0 atom stereocenters. The minimum absolute atomic E-state index is 0.123. The van der Waals surface area contributed by atoms with E-state index in [9.17, 15) is 9.18 Å². The van der Waals surface area contributed by atoms with Crippen LogP contribution >= 0.6 is 0 Å². The van der Waals surface area contributed by atoms with E-state index in [0.717, 1.165) is 5.56 Å². The Labute approximate surface area is 159 Å². The number of carbonyl (C=O) groups is 1. The van der Waals surface area contributed by atoms with Crippen molar-refractivity contribution in [2.24, 2.45) is 0 Å². The molecule has 140 valence electrons. The number of hydrogen-bond acceptors (Lipinski definition) is 6. The van der Waals surface area contributed by atoms with Crippen LogP contribution in [0.4, 0.5) is 10.1 Å². The zero-order valence-corrected chi connectivity index (χ0v) is 15.4. The SMILES string of the molecule is Cc1ccc(-n2cnnn2)cc1NC(=O)c1cc(F)cc2nc(C)c(C)nc12. The number of aromatic nitrogens is 6. The Morgan fingerprint density at radius 1 is 1.07 bits per heavy atom. The minimum atomic E-state index is -0.547. The molecule has 0 bridgehead atoms. The molecule has 2 aromatic heterocycles. The molecule has 4 rings (SSSR count). The van der Waals surface area contributed by atoms with Crippen molar-refractivity contribution in [3.05, 3.63) is 65.0 Å². The number of benzene rings is 2. The van der Waals surface area contributed by atoms with Gasteiger partial charge in [-0.3, -0.25) is 4.79 Å². The fourth-order valence-corrected chi connectivity index (χ4v) is 2.83. The fraction of sp³-hybridized carbons (Fsp3) is 0.158. The van der Waals surface area contributed by atoms with E-state index in [1.165, 1.54) is 23.1 Å². The third kappa shape index (κ3) is 3.18. The molecule has 0 unspecified atom stereocenters. The molecular weight excluding hydrogens is 361 g/mol. The third-order valence-corrected chi connectivity index (χ3v) is 4.47. The molecule has 0 aliphatic carbocycles. The van der Waals surface area contributed by atoms with Gasteiger partial charge in [-0.15, -0.1) is 5.10 Å². The van der Waals surface area contributed by atoms with Gasteiger partial charge in [0.2, 0.25) is 0 Å². The molecule has 0 spiro atoms. The summed E-state index contributed by atoms with van der Waals surface area (Å²) in [7, 11) is 0. The van der Waals surface area contributed by atoms with Crippen LogP contribution in [0.3, 0.4) is 0 Å². The van der Waals surface area contributed by atoms with E-state index in [1.54, 1.807) is 19.9 Å². The van der Waals surface area contributed by atoms with E-state index in [-0.39, 0.29) is 5.56 Å². The molecule has 4 aromatic rings. The average molecular weight is 377 g/mol. The highest BCUT2D eigenvalue weighted by Crippen LogP contribution is 2.23. The van der Waals surface area contributed by atoms with Gasteiger partial charge in [0.1, 0.15) is 17.7 Å². The van der Waals surface area contributed by atoms with Crippen molar-refractivity contribution in [1.82, 2.24) is 30.2 Å². The van der Waals surface area contributed by atoms with Crippen molar-refractivity contribution < 1.29 is 9.18 Å². The first-order chi connectivity index (χ1) is 13.4. The Morgan fingerprint density at radius 3 is 2.61 bits per heavy atom. The second kappa shape index (κ2) is 6.76. The Morgan fingerprint density at radius 2 is 1.86 bits per heavy atom. The third-order valence-electron chi connectivity index (χ3n) is 4.47. The lowest BCUT2D eigenvalue weighted by molar-refractivity contribution is 0.102. The quantitative estimate of drug-likeness (QED) is 0.589. The molecule has 0 saturated heterocycles. The summed E-state index contributed by atoms with van der Waals surface area (Å²) in [5, 5.41) is 13.9. The highest BCUT2D eigenvalue weighted by molar-refractivity contribution is 6.11. The fourth-order valence-electron chi connectivity index (χ4n) is 2.83. The number of fused-ring (bicyclic) bond motifs is 1. The highest BCUT2D eigenvalue weighted by atomic mass is 19.1. The molecular formula is C19H16FN7O. The van der Waals surface area contributed by atoms with Crippen LogP contribution in [0.25, 0.3) is 16.7 Å². The van der Waals surface area contributed by atoms with Crippen LogP contribution < -0.4 is 5.32 Å². The van der Waals surface area contributed by atoms with Gasteiger partial charge in [-0.2, -0.15) is 0 Å². The number of aryl methyl sites for hydroxylation is 3. The molecule has 0 aliphatic heterocycles. The first kappa shape index (κ1) is 17.7. The van der Waals surface area contributed by atoms with Gasteiger partial charge in [0.25, 0.3) is 5.91 Å². The zero-order chi connectivity index (χ0) is 19.8. The number of anilines is 1. The van der Waals surface area contributed by atoms with Gasteiger partial charge in [0, 0.05) is 11.8 Å². The summed E-state index contributed by atoms with van der Waals surface area (Å²) < 4.78 is 15.6. The van der Waals surface area contributed by atoms with Gasteiger partial charge in [-0.1, -0.05) is 6.07 Å². The van der Waals surface area contributed by atoms with Crippen molar-refractivity contribution in [3.63, 3.8) is 0 Å². The molecule has 0 saturated carbocycles. The summed E-state index contributed by atoms with van der Waals surface area (Å²) in [5.74, 6) is -1.02. The standard InChI is InChI=1S/C19H16FN7O/c1-10-4-5-14(27-9-21-25-26-27)8-16(10)24-19(28)15-6-13(20)7-17-18(15)23-12(3)11(2)22-17/h4-9H,1-3H3,(H,24,28). The number of tetrazole rings is 1. The predicted molar refractivity (Wildman–Crippen MR) is 101 cm³/mol. The van der Waals surface area contributed by atoms with E-state index in [0.29, 0.717) is 33.8 Å². The predicted octanol–water partition coefficient (Wildman–Crippen LogP) is 2.92. The van der Waals surface area contributed by atoms with E-state index in [2.05, 4.69) is 30.8 Å². The second-order valence-electron chi connectivity index (χ2n) is 6.42. The summed E-state index contributed by atoms with van der Waals surface area (Å²) in [6.07, 6.45) is 1.46. The lowest BCUT2D eigenvalue weighted by atomic mass is 10.1. The smallest absolute Gasteiger partial charge is 0.258 e. The lowest BCUT2D eigenvalue weighted by Crippen LogP contribution is -2.15. The summed E-state index contributed by atoms with van der Waals surface area (Å²) in [6, 6.07) is 7.85. The highest BCUT2D eigenvalue weighted by Gasteiger charge is 2.17. The number of nitrogens with zero attached hydrogens (tertiary/aromatic N) is 6. The molecule has 1 amide bonds. The average Bonchev–Trinajstić information content (AvgIpc) is 3.19. The van der Waals surface area contributed by atoms with Gasteiger partial charge in [0.05, 0.1) is 28.2 Å². The van der Waals surface area contributed by atoms with Crippen molar-refractivity contribution in [1.29, 1.82) is 0 Å². The van der Waals surface area contributed by atoms with Crippen LogP contribution in [0.15, 0.2) is 36.7 Å². The van der Waals surface area contributed by atoms with Gasteiger partial charge in [-0.25, -0.2) is 19.0 Å². The summed E-state index contributed by atoms with van der Waals surface area (Å²) >= 11 is 0. The maximum atomic E-state index is 14.1. The second-order valence-corrected chi connectivity index (χ2v) is 6.42. The maximum absolute atomic E-state index is 14.1. The van der Waals surface area contributed by atoms with E-state index >= 15 is 0 Å². The molecule has 2 aromatic carbocycles. The minimum Gasteiger partial charge on any atom is -0.322 e. The Bertz CT molecular complexity index is 1200. The van der Waals surface area contributed by atoms with Gasteiger partial charge < -0.3 is 5.32 Å². The number of hydrogen-bond donors (Lipinski definition) is 1. The van der Waals surface area contributed by atoms with Gasteiger partial charge in [-0.05, 0) is 55.0 Å². The van der Waals surface area contributed by atoms with Crippen LogP contribution in [0.1, 0.15) is 27.3 Å². The van der Waals surface area contributed by atoms with Crippen molar-refractivity contribution in [2.45, 2.75) is 20.8 Å². The molecule has 9 heteroatoms. The van der Waals surface area contributed by atoms with Gasteiger partial charge in [0.15, 0.2) is 0 Å². The molecule has 1 N–H and O–H groups in total. The van der Waals surface area contributed by atoms with E-state index in [4.69, 9.17) is 0 Å². The molecule has 0 aliphatic rings. The first-order valence-corrected chi connectivity index (χ1v) is 8.52. The lowest BCUT2D eigenvalue weighted by Gasteiger charge is -2.12. The topological polar surface area (TPSA) is 98.5 Å². The van der Waals surface area contributed by atoms with Crippen LogP contribution in [0.2, 0.25) is 0 Å². The van der Waals surface area contributed by atoms with E-state index in [1.807, 2.05) is 19.1 Å². The van der Waals surface area contributed by atoms with Crippen molar-refractivity contribution >= 4 is 22.6 Å². The van der Waals surface area contributed by atoms with Crippen molar-refractivity contribution in [3.8, 4) is 5.69 Å². The van der Waals surface area contributed by atoms with Crippen LogP contribution in [0.5, 0.6) is 0 Å². The molecule has 2 heterocycles. The molecule has 28 heavy (non-hydrogen) atoms. The summed E-state index contributed by atoms with van der Waals surface area (Å²) in [5.41, 5.74) is 4.28. The molecule has 0 radical (unpaired) electrons. The number of rotatable bonds is 3. The molecule has 0 fully saturated rings. The Hall–Kier alpha value is -3.75. The van der Waals surface area contributed by atoms with E-state index < -0.39 is 11.7 Å². The monoisotopic (exact) mass is 377 g/mol. The van der Waals surface area contributed by atoms with Gasteiger partial charge >= 0.3 is 0 Å². The zero-order valence-electron chi connectivity index (χ0n) is 15.4. The Balaban J connectivity index is 1.75. The number of carbonyl (C=O) groups excluding carboxylic acids is 1. The number of halogens is 1. The number of nitrogens with one attached hydrogen (secondary N) is 1. The first-order valence-electron chi connectivity index (χ1n) is 8.52. The summed E-state index contributed by atoms with van der Waals surface area (Å²) in [4.78, 5) is 21.7. The van der Waals surface area contributed by atoms with Crippen LogP contribution in [-0.4, -0.2) is 36.1 Å². The van der Waals surface area contributed by atoms with Crippen molar-refractivity contribution in [2.75, 3.05) is 5.32 Å². The molecule has 8 nitrogen and oxygen atoms in total. The number of amides is 1. The summed E-state index contributed by atoms with van der Waals surface area (Å²) in [6.45, 7) is 5.45. The maximum Gasteiger partial charge on any atom is 0.258 e. The van der Waals surface area contributed by atoms with Crippen LogP contribution in [0, 0.1) is 26.6 Å². The van der Waals surface area contributed by atoms with Crippen LogP contribution in [-0.2, 0) is 0 Å². The normalized spacial score (nSPS) is 11.0.